The minimum absolute atomic E-state index is 0.132. The SMILES string of the molecule is COc1ccc(Cc2noc(CC(C)(O)CN)n2)cn1. The van der Waals surface area contributed by atoms with Crippen molar-refractivity contribution in [2.24, 2.45) is 5.73 Å². The Hall–Kier alpha value is -1.99. The molecule has 0 saturated heterocycles. The monoisotopic (exact) mass is 278 g/mol. The van der Waals surface area contributed by atoms with Crippen molar-refractivity contribution < 1.29 is 14.4 Å². The van der Waals surface area contributed by atoms with Crippen LogP contribution in [0.1, 0.15) is 24.2 Å². The van der Waals surface area contributed by atoms with Gasteiger partial charge in [0, 0.05) is 25.2 Å². The molecule has 0 amide bonds. The van der Waals surface area contributed by atoms with Crippen LogP contribution in [0.15, 0.2) is 22.9 Å². The molecule has 7 heteroatoms. The Bertz CT molecular complexity index is 551. The summed E-state index contributed by atoms with van der Waals surface area (Å²) in [6, 6.07) is 3.66. The molecule has 0 bridgehead atoms. The Morgan fingerprint density at radius 2 is 2.25 bits per heavy atom. The molecule has 7 nitrogen and oxygen atoms in total. The van der Waals surface area contributed by atoms with Crippen molar-refractivity contribution in [2.45, 2.75) is 25.4 Å². The van der Waals surface area contributed by atoms with Crippen LogP contribution in [0, 0.1) is 0 Å². The lowest BCUT2D eigenvalue weighted by Crippen LogP contribution is -2.36. The number of nitrogens with two attached hydrogens (primary N) is 1. The van der Waals surface area contributed by atoms with Crippen molar-refractivity contribution in [1.82, 2.24) is 15.1 Å². The van der Waals surface area contributed by atoms with E-state index in [2.05, 4.69) is 15.1 Å². The Kier molecular flexibility index (Phi) is 4.31. The lowest BCUT2D eigenvalue weighted by molar-refractivity contribution is 0.0610. The summed E-state index contributed by atoms with van der Waals surface area (Å²) in [7, 11) is 1.57. The Balaban J connectivity index is 2.01. The second kappa shape index (κ2) is 5.98. The smallest absolute Gasteiger partial charge is 0.229 e. The number of aliphatic hydroxyl groups is 1. The molecule has 2 rings (SSSR count). The first-order valence-corrected chi connectivity index (χ1v) is 6.25. The highest BCUT2D eigenvalue weighted by Crippen LogP contribution is 2.13. The van der Waals surface area contributed by atoms with Crippen molar-refractivity contribution in [3.8, 4) is 5.88 Å². The minimum Gasteiger partial charge on any atom is -0.481 e. The molecule has 0 fully saturated rings. The summed E-state index contributed by atoms with van der Waals surface area (Å²) < 4.78 is 10.1. The first-order chi connectivity index (χ1) is 9.52. The van der Waals surface area contributed by atoms with Crippen molar-refractivity contribution in [2.75, 3.05) is 13.7 Å². The fourth-order valence-corrected chi connectivity index (χ4v) is 1.65. The van der Waals surface area contributed by atoms with Crippen molar-refractivity contribution in [3.05, 3.63) is 35.6 Å². The second-order valence-corrected chi connectivity index (χ2v) is 4.87. The van der Waals surface area contributed by atoms with E-state index in [0.717, 1.165) is 5.56 Å². The van der Waals surface area contributed by atoms with Gasteiger partial charge in [-0.2, -0.15) is 4.98 Å². The molecule has 2 heterocycles. The van der Waals surface area contributed by atoms with Gasteiger partial charge in [-0.3, -0.25) is 0 Å². The van der Waals surface area contributed by atoms with E-state index in [0.29, 0.717) is 24.0 Å². The molecule has 1 unspecified atom stereocenters. The molecule has 0 aromatic carbocycles. The number of ether oxygens (including phenoxy) is 1. The van der Waals surface area contributed by atoms with Crippen LogP contribution < -0.4 is 10.5 Å². The van der Waals surface area contributed by atoms with Gasteiger partial charge in [-0.1, -0.05) is 11.2 Å². The van der Waals surface area contributed by atoms with Gasteiger partial charge in [-0.25, -0.2) is 4.98 Å². The summed E-state index contributed by atoms with van der Waals surface area (Å²) in [5.74, 6) is 1.47. The van der Waals surface area contributed by atoms with Gasteiger partial charge in [0.15, 0.2) is 5.82 Å². The van der Waals surface area contributed by atoms with Gasteiger partial charge in [0.05, 0.1) is 19.1 Å². The average Bonchev–Trinajstić information content (AvgIpc) is 2.86. The van der Waals surface area contributed by atoms with E-state index in [1.165, 1.54) is 0 Å². The normalized spacial score (nSPS) is 14.0. The molecule has 0 aliphatic heterocycles. The van der Waals surface area contributed by atoms with E-state index >= 15 is 0 Å². The van der Waals surface area contributed by atoms with Crippen LogP contribution in [-0.2, 0) is 12.8 Å². The third-order valence-corrected chi connectivity index (χ3v) is 2.85. The first kappa shape index (κ1) is 14.4. The molecule has 2 aromatic heterocycles. The summed E-state index contributed by atoms with van der Waals surface area (Å²) in [6.07, 6.45) is 2.44. The number of methoxy groups -OCH3 is 1. The summed E-state index contributed by atoms with van der Waals surface area (Å²) in [4.78, 5) is 8.34. The maximum atomic E-state index is 9.86. The number of hydrogen-bond donors (Lipinski definition) is 2. The quantitative estimate of drug-likeness (QED) is 0.783. The maximum Gasteiger partial charge on any atom is 0.229 e. The molecule has 108 valence electrons. The lowest BCUT2D eigenvalue weighted by atomic mass is 10.0. The summed E-state index contributed by atoms with van der Waals surface area (Å²) in [6.45, 7) is 1.76. The number of nitrogens with zero attached hydrogens (tertiary/aromatic N) is 3. The zero-order chi connectivity index (χ0) is 14.6. The third kappa shape index (κ3) is 3.75. The van der Waals surface area contributed by atoms with Crippen molar-refractivity contribution in [1.29, 1.82) is 0 Å². The Morgan fingerprint density at radius 1 is 1.45 bits per heavy atom. The molecule has 2 aromatic rings. The van der Waals surface area contributed by atoms with Crippen LogP contribution in [0.25, 0.3) is 0 Å². The number of hydrogen-bond acceptors (Lipinski definition) is 7. The Morgan fingerprint density at radius 3 is 2.85 bits per heavy atom. The first-order valence-electron chi connectivity index (χ1n) is 6.25. The van der Waals surface area contributed by atoms with Crippen LogP contribution in [0.3, 0.4) is 0 Å². The van der Waals surface area contributed by atoms with Crippen molar-refractivity contribution >= 4 is 0 Å². The molecule has 3 N–H and O–H groups in total. The molecule has 20 heavy (non-hydrogen) atoms. The predicted molar refractivity (Wildman–Crippen MR) is 71.3 cm³/mol. The van der Waals surface area contributed by atoms with Gasteiger partial charge < -0.3 is 20.1 Å². The second-order valence-electron chi connectivity index (χ2n) is 4.87. The molecule has 0 spiro atoms. The third-order valence-electron chi connectivity index (χ3n) is 2.85. The standard InChI is InChI=1S/C13H18N4O3/c1-13(18,8-14)6-12-16-10(17-20-12)5-9-3-4-11(19-2)15-7-9/h3-4,7,18H,5-6,8,14H2,1-2H3. The van der Waals surface area contributed by atoms with Gasteiger partial charge in [-0.05, 0) is 12.5 Å². The van der Waals surface area contributed by atoms with E-state index in [-0.39, 0.29) is 13.0 Å². The van der Waals surface area contributed by atoms with Crippen LogP contribution in [0.2, 0.25) is 0 Å². The Labute approximate surface area is 116 Å². The largest absolute Gasteiger partial charge is 0.481 e. The molecular formula is C13H18N4O3. The van der Waals surface area contributed by atoms with E-state index in [1.807, 2.05) is 6.07 Å². The summed E-state index contributed by atoms with van der Waals surface area (Å²) in [5.41, 5.74) is 5.36. The fourth-order valence-electron chi connectivity index (χ4n) is 1.65. The highest BCUT2D eigenvalue weighted by Gasteiger charge is 2.22. The van der Waals surface area contributed by atoms with Crippen molar-refractivity contribution in [3.63, 3.8) is 0 Å². The predicted octanol–water partition coefficient (Wildman–Crippen LogP) is 0.316. The number of pyridine rings is 1. The molecule has 0 aliphatic rings. The highest BCUT2D eigenvalue weighted by atomic mass is 16.5. The number of rotatable bonds is 6. The number of aromatic nitrogens is 3. The highest BCUT2D eigenvalue weighted by molar-refractivity contribution is 5.20. The van der Waals surface area contributed by atoms with Gasteiger partial charge >= 0.3 is 0 Å². The van der Waals surface area contributed by atoms with E-state index < -0.39 is 5.60 Å². The van der Waals surface area contributed by atoms with Crippen LogP contribution >= 0.6 is 0 Å². The lowest BCUT2D eigenvalue weighted by Gasteiger charge is -2.17. The molecule has 0 aliphatic carbocycles. The topological polar surface area (TPSA) is 107 Å². The molecule has 0 radical (unpaired) electrons. The van der Waals surface area contributed by atoms with Crippen LogP contribution in [0.5, 0.6) is 5.88 Å². The molecular weight excluding hydrogens is 260 g/mol. The minimum atomic E-state index is -1.04. The van der Waals surface area contributed by atoms with E-state index in [9.17, 15) is 5.11 Å². The van der Waals surface area contributed by atoms with Gasteiger partial charge in [0.25, 0.3) is 0 Å². The van der Waals surface area contributed by atoms with Crippen LogP contribution in [-0.4, -0.2) is 39.5 Å². The van der Waals surface area contributed by atoms with Gasteiger partial charge in [0.1, 0.15) is 0 Å². The van der Waals surface area contributed by atoms with Gasteiger partial charge in [0.2, 0.25) is 11.8 Å². The van der Waals surface area contributed by atoms with E-state index in [1.54, 1.807) is 26.3 Å². The summed E-state index contributed by atoms with van der Waals surface area (Å²) in [5, 5.41) is 13.7. The zero-order valence-corrected chi connectivity index (χ0v) is 11.5. The van der Waals surface area contributed by atoms with Crippen LogP contribution in [0.4, 0.5) is 0 Å². The van der Waals surface area contributed by atoms with E-state index in [4.69, 9.17) is 15.0 Å². The average molecular weight is 278 g/mol. The molecule has 1 atom stereocenters. The zero-order valence-electron chi connectivity index (χ0n) is 11.5. The van der Waals surface area contributed by atoms with Gasteiger partial charge in [-0.15, -0.1) is 0 Å². The summed E-state index contributed by atoms with van der Waals surface area (Å²) >= 11 is 0. The maximum absolute atomic E-state index is 9.86. The fraction of sp³-hybridized carbons (Fsp3) is 0.462. The molecule has 0 saturated carbocycles.